The molecule has 0 radical (unpaired) electrons. The molecule has 2 heterocycles. The van der Waals surface area contributed by atoms with Crippen LogP contribution in [0.2, 0.25) is 0 Å². The molecular weight excluding hydrogens is 280 g/mol. The Morgan fingerprint density at radius 1 is 1.27 bits per heavy atom. The van der Waals surface area contributed by atoms with Crippen LogP contribution in [0.3, 0.4) is 0 Å². The van der Waals surface area contributed by atoms with E-state index in [1.807, 2.05) is 31.1 Å². The Morgan fingerprint density at radius 2 is 2.05 bits per heavy atom. The molecule has 1 aromatic rings. The van der Waals surface area contributed by atoms with Crippen LogP contribution in [0.1, 0.15) is 0 Å². The standard InChI is InChI=1S/C16H24N4O2/c1-18(2)10-11-20-15(21)12-22-14-5-3-4-13(16(14)20)19-8-6-17-7-9-19/h3-5,17H,6-12H2,1-2H3. The molecule has 0 saturated carbocycles. The summed E-state index contributed by atoms with van der Waals surface area (Å²) in [4.78, 5) is 18.7. The zero-order valence-electron chi connectivity index (χ0n) is 13.3. The third kappa shape index (κ3) is 3.03. The number of benzene rings is 1. The fourth-order valence-electron chi connectivity index (χ4n) is 2.94. The van der Waals surface area contributed by atoms with Crippen LogP contribution in [0.15, 0.2) is 18.2 Å². The zero-order chi connectivity index (χ0) is 15.5. The van der Waals surface area contributed by atoms with Gasteiger partial charge in [0.05, 0.1) is 5.69 Å². The van der Waals surface area contributed by atoms with Gasteiger partial charge in [-0.25, -0.2) is 0 Å². The van der Waals surface area contributed by atoms with Gasteiger partial charge in [-0.3, -0.25) is 4.79 Å². The fourth-order valence-corrected chi connectivity index (χ4v) is 2.94. The topological polar surface area (TPSA) is 48.1 Å². The van der Waals surface area contributed by atoms with Crippen molar-refractivity contribution in [2.75, 3.05) is 69.8 Å². The molecule has 0 atom stereocenters. The predicted octanol–water partition coefficient (Wildman–Crippen LogP) is 0.383. The first-order chi connectivity index (χ1) is 10.7. The highest BCUT2D eigenvalue weighted by molar-refractivity contribution is 6.01. The van der Waals surface area contributed by atoms with Crippen molar-refractivity contribution in [1.29, 1.82) is 0 Å². The number of rotatable bonds is 4. The second kappa shape index (κ2) is 6.54. The Bertz CT molecular complexity index is 541. The number of anilines is 2. The monoisotopic (exact) mass is 304 g/mol. The molecule has 22 heavy (non-hydrogen) atoms. The highest BCUT2D eigenvalue weighted by Crippen LogP contribution is 2.40. The Morgan fingerprint density at radius 3 is 2.77 bits per heavy atom. The number of hydrogen-bond donors (Lipinski definition) is 1. The van der Waals surface area contributed by atoms with Crippen LogP contribution >= 0.6 is 0 Å². The van der Waals surface area contributed by atoms with Gasteiger partial charge in [-0.2, -0.15) is 0 Å². The van der Waals surface area contributed by atoms with E-state index in [1.165, 1.54) is 0 Å². The summed E-state index contributed by atoms with van der Waals surface area (Å²) in [6.45, 7) is 5.49. The Balaban J connectivity index is 1.94. The minimum absolute atomic E-state index is 0.0388. The first kappa shape index (κ1) is 15.1. The average Bonchev–Trinajstić information content (AvgIpc) is 2.54. The SMILES string of the molecule is CN(C)CCN1C(=O)COc2cccc(N3CCNCC3)c21. The van der Waals surface area contributed by atoms with Crippen molar-refractivity contribution in [2.45, 2.75) is 0 Å². The van der Waals surface area contributed by atoms with Gasteiger partial charge in [0.25, 0.3) is 5.91 Å². The molecule has 1 amide bonds. The summed E-state index contributed by atoms with van der Waals surface area (Å²) in [5, 5.41) is 3.36. The molecule has 0 aliphatic carbocycles. The van der Waals surface area contributed by atoms with Gasteiger partial charge in [-0.05, 0) is 26.2 Å². The lowest BCUT2D eigenvalue weighted by molar-refractivity contribution is -0.121. The smallest absolute Gasteiger partial charge is 0.265 e. The molecule has 1 aromatic carbocycles. The lowest BCUT2D eigenvalue weighted by atomic mass is 10.1. The van der Waals surface area contributed by atoms with E-state index in [2.05, 4.69) is 21.2 Å². The van der Waals surface area contributed by atoms with Gasteiger partial charge in [0, 0.05) is 39.3 Å². The Hall–Kier alpha value is -1.79. The molecule has 1 N–H and O–H groups in total. The summed E-state index contributed by atoms with van der Waals surface area (Å²) in [6, 6.07) is 6.06. The number of hydrogen-bond acceptors (Lipinski definition) is 5. The average molecular weight is 304 g/mol. The normalized spacial score (nSPS) is 18.4. The molecule has 120 valence electrons. The third-order valence-corrected chi connectivity index (χ3v) is 4.13. The lowest BCUT2D eigenvalue weighted by Crippen LogP contribution is -2.46. The van der Waals surface area contributed by atoms with Gasteiger partial charge in [-0.15, -0.1) is 0 Å². The van der Waals surface area contributed by atoms with E-state index >= 15 is 0 Å². The van der Waals surface area contributed by atoms with Gasteiger partial charge in [-0.1, -0.05) is 6.07 Å². The molecule has 1 fully saturated rings. The number of fused-ring (bicyclic) bond motifs is 1. The van der Waals surface area contributed by atoms with Crippen LogP contribution in [0.4, 0.5) is 11.4 Å². The summed E-state index contributed by atoms with van der Waals surface area (Å²) in [6.07, 6.45) is 0. The second-order valence-corrected chi connectivity index (χ2v) is 6.00. The van der Waals surface area contributed by atoms with Gasteiger partial charge >= 0.3 is 0 Å². The van der Waals surface area contributed by atoms with Gasteiger partial charge in [0.1, 0.15) is 11.4 Å². The number of para-hydroxylation sites is 1. The summed E-state index contributed by atoms with van der Waals surface area (Å²) in [5.74, 6) is 0.853. The number of piperazine rings is 1. The zero-order valence-corrected chi connectivity index (χ0v) is 13.3. The first-order valence-corrected chi connectivity index (χ1v) is 7.83. The maximum absolute atomic E-state index is 12.4. The van der Waals surface area contributed by atoms with Gasteiger partial charge in [0.2, 0.25) is 0 Å². The number of amides is 1. The van der Waals surface area contributed by atoms with Crippen molar-refractivity contribution < 1.29 is 9.53 Å². The molecule has 6 heteroatoms. The molecule has 0 unspecified atom stereocenters. The number of carbonyl (C=O) groups excluding carboxylic acids is 1. The lowest BCUT2D eigenvalue weighted by Gasteiger charge is -2.37. The molecule has 2 aliphatic heterocycles. The molecule has 0 bridgehead atoms. The molecule has 3 rings (SSSR count). The number of nitrogens with one attached hydrogen (secondary N) is 1. The highest BCUT2D eigenvalue weighted by Gasteiger charge is 2.29. The van der Waals surface area contributed by atoms with E-state index in [-0.39, 0.29) is 12.5 Å². The van der Waals surface area contributed by atoms with Crippen LogP contribution in [0.25, 0.3) is 0 Å². The summed E-state index contributed by atoms with van der Waals surface area (Å²) < 4.78 is 5.66. The van der Waals surface area contributed by atoms with Crippen molar-refractivity contribution in [1.82, 2.24) is 10.2 Å². The minimum Gasteiger partial charge on any atom is -0.481 e. The molecule has 1 saturated heterocycles. The van der Waals surface area contributed by atoms with E-state index in [0.29, 0.717) is 6.54 Å². The van der Waals surface area contributed by atoms with Crippen LogP contribution in [0, 0.1) is 0 Å². The predicted molar refractivity (Wildman–Crippen MR) is 87.9 cm³/mol. The molecule has 2 aliphatic rings. The van der Waals surface area contributed by atoms with Crippen LogP contribution in [-0.4, -0.2) is 70.8 Å². The number of nitrogens with zero attached hydrogens (tertiary/aromatic N) is 3. The van der Waals surface area contributed by atoms with E-state index in [4.69, 9.17) is 4.74 Å². The van der Waals surface area contributed by atoms with Crippen molar-refractivity contribution in [3.63, 3.8) is 0 Å². The van der Waals surface area contributed by atoms with Gasteiger partial charge < -0.3 is 24.8 Å². The largest absolute Gasteiger partial charge is 0.481 e. The van der Waals surface area contributed by atoms with Gasteiger partial charge in [0.15, 0.2) is 6.61 Å². The second-order valence-electron chi connectivity index (χ2n) is 6.00. The first-order valence-electron chi connectivity index (χ1n) is 7.83. The molecule has 6 nitrogen and oxygen atoms in total. The van der Waals surface area contributed by atoms with Crippen molar-refractivity contribution in [3.05, 3.63) is 18.2 Å². The van der Waals surface area contributed by atoms with E-state index in [0.717, 1.165) is 49.8 Å². The third-order valence-electron chi connectivity index (χ3n) is 4.13. The maximum atomic E-state index is 12.4. The fraction of sp³-hybridized carbons (Fsp3) is 0.562. The number of ether oxygens (including phenoxy) is 1. The summed E-state index contributed by atoms with van der Waals surface area (Å²) in [5.41, 5.74) is 2.04. The highest BCUT2D eigenvalue weighted by atomic mass is 16.5. The molecular formula is C16H24N4O2. The Labute approximate surface area is 131 Å². The van der Waals surface area contributed by atoms with E-state index < -0.39 is 0 Å². The quantitative estimate of drug-likeness (QED) is 0.872. The maximum Gasteiger partial charge on any atom is 0.265 e. The Kier molecular flexibility index (Phi) is 4.49. The number of carbonyl (C=O) groups is 1. The number of likely N-dealkylation sites (N-methyl/N-ethyl adjacent to an activating group) is 1. The van der Waals surface area contributed by atoms with E-state index in [9.17, 15) is 4.79 Å². The van der Waals surface area contributed by atoms with Crippen molar-refractivity contribution >= 4 is 17.3 Å². The van der Waals surface area contributed by atoms with Crippen LogP contribution in [-0.2, 0) is 4.79 Å². The van der Waals surface area contributed by atoms with E-state index in [1.54, 1.807) is 0 Å². The van der Waals surface area contributed by atoms with Crippen LogP contribution < -0.4 is 19.9 Å². The summed E-state index contributed by atoms with van der Waals surface area (Å²) in [7, 11) is 4.04. The molecule has 0 spiro atoms. The van der Waals surface area contributed by atoms with Crippen molar-refractivity contribution in [3.8, 4) is 5.75 Å². The minimum atomic E-state index is 0.0388. The van der Waals surface area contributed by atoms with Crippen molar-refractivity contribution in [2.24, 2.45) is 0 Å². The molecule has 0 aromatic heterocycles. The van der Waals surface area contributed by atoms with Crippen LogP contribution in [0.5, 0.6) is 5.75 Å². The summed E-state index contributed by atoms with van der Waals surface area (Å²) >= 11 is 0.